The summed E-state index contributed by atoms with van der Waals surface area (Å²) in [5, 5.41) is 3.30. The lowest BCUT2D eigenvalue weighted by molar-refractivity contribution is 0.507. The lowest BCUT2D eigenvalue weighted by Crippen LogP contribution is -2.37. The Morgan fingerprint density at radius 3 is 2.19 bits per heavy atom. The number of anilines is 1. The molecule has 0 amide bonds. The Labute approximate surface area is 139 Å². The molecule has 0 aliphatic heterocycles. The molecule has 1 rings (SSSR count). The van der Waals surface area contributed by atoms with Crippen molar-refractivity contribution in [3.8, 4) is 0 Å². The first kappa shape index (κ1) is 18.5. The Kier molecular flexibility index (Phi) is 7.75. The van der Waals surface area contributed by atoms with Crippen LogP contribution in [0.1, 0.15) is 59.1 Å². The normalized spacial score (nSPS) is 13.0. The molecule has 0 aliphatic carbocycles. The number of hydrogen-bond acceptors (Lipinski definition) is 2. The molecule has 1 aromatic rings. The van der Waals surface area contributed by atoms with Gasteiger partial charge in [-0.15, -0.1) is 0 Å². The number of nitrogens with zero attached hydrogens (tertiary/aromatic N) is 1. The minimum Gasteiger partial charge on any atom is -0.368 e. The summed E-state index contributed by atoms with van der Waals surface area (Å²) >= 11 is 3.75. The maximum absolute atomic E-state index is 3.75. The van der Waals surface area contributed by atoms with E-state index in [0.717, 1.165) is 6.54 Å². The van der Waals surface area contributed by atoms with Crippen LogP contribution < -0.4 is 10.2 Å². The average Bonchev–Trinajstić information content (AvgIpc) is 2.46. The Bertz CT molecular complexity index is 427. The summed E-state index contributed by atoms with van der Waals surface area (Å²) in [6.45, 7) is 12.5. The van der Waals surface area contributed by atoms with E-state index in [1.807, 2.05) is 7.05 Å². The van der Waals surface area contributed by atoms with Crippen LogP contribution in [-0.4, -0.2) is 19.6 Å². The van der Waals surface area contributed by atoms with Crippen LogP contribution >= 0.6 is 15.9 Å². The Morgan fingerprint density at radius 2 is 1.76 bits per heavy atom. The molecule has 2 nitrogen and oxygen atoms in total. The average molecular weight is 355 g/mol. The molecule has 1 atom stereocenters. The van der Waals surface area contributed by atoms with Crippen molar-refractivity contribution in [1.82, 2.24) is 5.32 Å². The molecule has 0 bridgehead atoms. The fraction of sp³-hybridized carbons (Fsp3) is 0.667. The number of halogens is 1. The summed E-state index contributed by atoms with van der Waals surface area (Å²) in [4.78, 5) is 2.57. The molecule has 0 heterocycles. The van der Waals surface area contributed by atoms with Crippen LogP contribution in [0, 0.1) is 5.92 Å². The molecule has 1 N–H and O–H groups in total. The van der Waals surface area contributed by atoms with Crippen LogP contribution in [0.15, 0.2) is 22.7 Å². The first-order chi connectivity index (χ1) is 9.94. The molecule has 0 fully saturated rings. The minimum absolute atomic E-state index is 0.361. The van der Waals surface area contributed by atoms with Gasteiger partial charge in [-0.1, -0.05) is 49.7 Å². The van der Waals surface area contributed by atoms with E-state index < -0.39 is 0 Å². The molecule has 1 aromatic carbocycles. The van der Waals surface area contributed by atoms with Gasteiger partial charge in [0.15, 0.2) is 0 Å². The molecule has 0 saturated carbocycles. The van der Waals surface area contributed by atoms with E-state index in [2.05, 4.69) is 79.0 Å². The fourth-order valence-electron chi connectivity index (χ4n) is 2.79. The van der Waals surface area contributed by atoms with Crippen molar-refractivity contribution in [2.24, 2.45) is 5.92 Å². The fourth-order valence-corrected chi connectivity index (χ4v) is 3.50. The quantitative estimate of drug-likeness (QED) is 0.673. The van der Waals surface area contributed by atoms with Gasteiger partial charge in [-0.05, 0) is 50.4 Å². The van der Waals surface area contributed by atoms with Gasteiger partial charge < -0.3 is 10.2 Å². The zero-order valence-corrected chi connectivity index (χ0v) is 16.0. The zero-order chi connectivity index (χ0) is 16.0. The molecule has 0 radical (unpaired) electrons. The van der Waals surface area contributed by atoms with Gasteiger partial charge in [0.1, 0.15) is 0 Å². The van der Waals surface area contributed by atoms with E-state index in [1.165, 1.54) is 28.6 Å². The largest absolute Gasteiger partial charge is 0.368 e. The van der Waals surface area contributed by atoms with Crippen LogP contribution in [0.3, 0.4) is 0 Å². The molecule has 120 valence electrons. The van der Waals surface area contributed by atoms with Gasteiger partial charge in [-0.3, -0.25) is 0 Å². The van der Waals surface area contributed by atoms with Crippen molar-refractivity contribution in [1.29, 1.82) is 0 Å². The first-order valence-corrected chi connectivity index (χ1v) is 8.97. The molecular formula is C18H31BrN2. The van der Waals surface area contributed by atoms with Crippen molar-refractivity contribution < 1.29 is 0 Å². The zero-order valence-electron chi connectivity index (χ0n) is 14.4. The lowest BCUT2D eigenvalue weighted by atomic mass is 10.0. The van der Waals surface area contributed by atoms with Gasteiger partial charge in [0.2, 0.25) is 0 Å². The van der Waals surface area contributed by atoms with Crippen LogP contribution in [0.5, 0.6) is 0 Å². The maximum Gasteiger partial charge on any atom is 0.0380 e. The first-order valence-electron chi connectivity index (χ1n) is 8.17. The van der Waals surface area contributed by atoms with Gasteiger partial charge >= 0.3 is 0 Å². The van der Waals surface area contributed by atoms with E-state index >= 15 is 0 Å². The second kappa shape index (κ2) is 8.79. The molecule has 0 saturated heterocycles. The summed E-state index contributed by atoms with van der Waals surface area (Å²) in [5.74, 6) is 0.667. The highest BCUT2D eigenvalue weighted by Crippen LogP contribution is 2.30. The standard InChI is InChI=1S/C18H31BrN2/c1-7-15(8-2)21(12-13(3)4)16-9-10-17(14(5)20-6)18(19)11-16/h9-11,13-15,20H,7-8,12H2,1-6H3. The highest BCUT2D eigenvalue weighted by molar-refractivity contribution is 9.10. The topological polar surface area (TPSA) is 15.3 Å². The lowest BCUT2D eigenvalue weighted by Gasteiger charge is -2.34. The van der Waals surface area contributed by atoms with Crippen LogP contribution in [0.2, 0.25) is 0 Å². The molecule has 21 heavy (non-hydrogen) atoms. The minimum atomic E-state index is 0.361. The van der Waals surface area contributed by atoms with Crippen molar-refractivity contribution in [2.45, 2.75) is 59.5 Å². The molecule has 0 spiro atoms. The van der Waals surface area contributed by atoms with Gasteiger partial charge in [0.25, 0.3) is 0 Å². The predicted molar refractivity (Wildman–Crippen MR) is 98.2 cm³/mol. The molecular weight excluding hydrogens is 324 g/mol. The van der Waals surface area contributed by atoms with Crippen LogP contribution in [-0.2, 0) is 0 Å². The summed E-state index contributed by atoms with van der Waals surface area (Å²) in [6, 6.07) is 7.78. The van der Waals surface area contributed by atoms with E-state index in [-0.39, 0.29) is 0 Å². The van der Waals surface area contributed by atoms with Gasteiger partial charge in [-0.2, -0.15) is 0 Å². The van der Waals surface area contributed by atoms with Crippen molar-refractivity contribution in [3.63, 3.8) is 0 Å². The molecule has 0 aromatic heterocycles. The van der Waals surface area contributed by atoms with E-state index in [9.17, 15) is 0 Å². The number of hydrogen-bond donors (Lipinski definition) is 1. The number of rotatable bonds is 8. The highest BCUT2D eigenvalue weighted by Gasteiger charge is 2.18. The monoisotopic (exact) mass is 354 g/mol. The number of nitrogens with one attached hydrogen (secondary N) is 1. The highest BCUT2D eigenvalue weighted by atomic mass is 79.9. The molecule has 3 heteroatoms. The predicted octanol–water partition coefficient (Wildman–Crippen LogP) is 5.38. The second-order valence-corrected chi connectivity index (χ2v) is 7.09. The molecule has 1 unspecified atom stereocenters. The van der Waals surface area contributed by atoms with Crippen molar-refractivity contribution >= 4 is 21.6 Å². The van der Waals surface area contributed by atoms with E-state index in [0.29, 0.717) is 18.0 Å². The summed E-state index contributed by atoms with van der Waals surface area (Å²) in [6.07, 6.45) is 2.38. The third-order valence-corrected chi connectivity index (χ3v) is 4.85. The SMILES string of the molecule is CCC(CC)N(CC(C)C)c1ccc(C(C)NC)c(Br)c1. The maximum atomic E-state index is 3.75. The smallest absolute Gasteiger partial charge is 0.0380 e. The second-order valence-electron chi connectivity index (χ2n) is 6.23. The van der Waals surface area contributed by atoms with Crippen molar-refractivity contribution in [3.05, 3.63) is 28.2 Å². The molecule has 0 aliphatic rings. The van der Waals surface area contributed by atoms with Crippen LogP contribution in [0.25, 0.3) is 0 Å². The Morgan fingerprint density at radius 1 is 1.14 bits per heavy atom. The van der Waals surface area contributed by atoms with Gasteiger partial charge in [0, 0.05) is 28.8 Å². The summed E-state index contributed by atoms with van der Waals surface area (Å²) < 4.78 is 1.20. The van der Waals surface area contributed by atoms with Gasteiger partial charge in [-0.25, -0.2) is 0 Å². The Balaban J connectivity index is 3.10. The van der Waals surface area contributed by atoms with Gasteiger partial charge in [0.05, 0.1) is 0 Å². The third kappa shape index (κ3) is 5.00. The summed E-state index contributed by atoms with van der Waals surface area (Å²) in [7, 11) is 2.00. The Hall–Kier alpha value is -0.540. The van der Waals surface area contributed by atoms with E-state index in [1.54, 1.807) is 0 Å². The third-order valence-electron chi connectivity index (χ3n) is 4.16. The summed E-state index contributed by atoms with van der Waals surface area (Å²) in [5.41, 5.74) is 2.65. The van der Waals surface area contributed by atoms with Crippen LogP contribution in [0.4, 0.5) is 5.69 Å². The number of benzene rings is 1. The van der Waals surface area contributed by atoms with E-state index in [4.69, 9.17) is 0 Å². The van der Waals surface area contributed by atoms with Crippen molar-refractivity contribution in [2.75, 3.05) is 18.5 Å².